The van der Waals surface area contributed by atoms with Crippen molar-refractivity contribution in [3.8, 4) is 0 Å². The van der Waals surface area contributed by atoms with E-state index < -0.39 is 118 Å². The Morgan fingerprint density at radius 3 is 1.08 bits per heavy atom. The minimum absolute atomic E-state index is 0.0569. The SMILES string of the molecule is COC(=O)C1=C(C(=O)OC)C2(CCSCNC(=O)CCOCC(COCCC(=O)NCCCSCC34C=CC(O3)C(C(=O)OC)=C4C(=O)OC)(COCCC(=O)NCC34C=CC(O3)C(C(=O)OC)=C4C(=O)OC)COCCC(=O)NCC34C=CC(O3)C(C(=O)OC)=C4C(=O)OC)C=CC1O2. The number of thioether (sulfide) groups is 2. The lowest BCUT2D eigenvalue weighted by molar-refractivity contribution is -0.139. The molecular weight excluding hydrogens is 1360 g/mol. The van der Waals surface area contributed by atoms with Crippen LogP contribution in [0.1, 0.15) is 38.5 Å². The van der Waals surface area contributed by atoms with Gasteiger partial charge in [0.25, 0.3) is 0 Å². The molecule has 34 heteroatoms. The molecule has 0 fully saturated rings. The topological polar surface area (TPSA) is 401 Å². The monoisotopic (exact) mass is 1440 g/mol. The van der Waals surface area contributed by atoms with E-state index in [4.69, 9.17) is 75.8 Å². The fourth-order valence-corrected chi connectivity index (χ4v) is 14.4. The van der Waals surface area contributed by atoms with E-state index in [2.05, 4.69) is 21.3 Å². The molecule has 4 amide bonds. The number of rotatable bonds is 43. The highest BCUT2D eigenvalue weighted by atomic mass is 32.2. The van der Waals surface area contributed by atoms with E-state index in [1.807, 2.05) is 0 Å². The van der Waals surface area contributed by atoms with Gasteiger partial charge in [-0.05, 0) is 48.7 Å². The van der Waals surface area contributed by atoms with E-state index in [1.54, 1.807) is 48.6 Å². The molecule has 32 nitrogen and oxygen atoms in total. The molecule has 0 aromatic rings. The zero-order chi connectivity index (χ0) is 72.4. The van der Waals surface area contributed by atoms with E-state index in [9.17, 15) is 57.5 Å². The summed E-state index contributed by atoms with van der Waals surface area (Å²) < 4.78 is 88.4. The van der Waals surface area contributed by atoms with Crippen molar-refractivity contribution >= 4 is 94.9 Å². The highest BCUT2D eigenvalue weighted by molar-refractivity contribution is 7.99. The zero-order valence-corrected chi connectivity index (χ0v) is 58.2. The summed E-state index contributed by atoms with van der Waals surface area (Å²) in [5.41, 5.74) is -6.82. The number of carbonyl (C=O) groups excluding carboxylic acids is 12. The highest BCUT2D eigenvalue weighted by Crippen LogP contribution is 2.49. The van der Waals surface area contributed by atoms with Gasteiger partial charge < -0.3 is 97.1 Å². The average molecular weight is 1440 g/mol. The fourth-order valence-electron chi connectivity index (χ4n) is 12.4. The fraction of sp³-hybridized carbons (Fsp3) is 0.576. The first kappa shape index (κ1) is 77.7. The van der Waals surface area contributed by atoms with Crippen LogP contribution in [0.3, 0.4) is 0 Å². The van der Waals surface area contributed by atoms with E-state index in [0.717, 1.165) is 28.4 Å². The standard InChI is InChI=1S/C66H82N4O28S2/c1-83-54(75)46-38-10-18-63(95-38,50(46)58(79)87-5)22-29-100-37-70-45(74)17-27-94-35-62(33-92-25-15-43(72)68-30-64-19-11-39(96-64)47(55(76)84-2)51(64)59(80)88-6,34-93-26-16-44(73)69-31-65-20-12-40(97-65)48(56(77)85-3)52(65)60(81)89-7)32-91-24-14-42(71)67-23-9-28-99-36-66-21-13-41(98-66)49(57(78)86-4)53(66)61(82)90-8/h10-13,18-21,38-41H,9,14-17,22-37H2,1-8H3,(H,67,71)(H,68,72)(H,69,73)(H,70,74). The van der Waals surface area contributed by atoms with Gasteiger partial charge in [0.2, 0.25) is 23.6 Å². The maximum absolute atomic E-state index is 13.5. The molecule has 8 heterocycles. The molecule has 4 N–H and O–H groups in total. The van der Waals surface area contributed by atoms with Gasteiger partial charge in [-0.1, -0.05) is 24.3 Å². The Bertz CT molecular complexity index is 3360. The molecule has 546 valence electrons. The Balaban J connectivity index is 0.895. The average Bonchev–Trinajstić information content (AvgIpc) is 1.60. The number of methoxy groups -OCH3 is 8. The summed E-state index contributed by atoms with van der Waals surface area (Å²) in [6.45, 7) is -1.84. The number of hydrogen-bond acceptors (Lipinski definition) is 30. The predicted octanol–water partition coefficient (Wildman–Crippen LogP) is -0.332. The third kappa shape index (κ3) is 17.3. The van der Waals surface area contributed by atoms with Gasteiger partial charge in [0.1, 0.15) is 46.8 Å². The van der Waals surface area contributed by atoms with Crippen LogP contribution in [0.4, 0.5) is 0 Å². The molecule has 8 unspecified atom stereocenters. The molecule has 8 atom stereocenters. The summed E-state index contributed by atoms with van der Waals surface area (Å²) in [7, 11) is 9.39. The summed E-state index contributed by atoms with van der Waals surface area (Å²) in [5, 5.41) is 11.2. The van der Waals surface area contributed by atoms with Crippen LogP contribution in [0.15, 0.2) is 93.2 Å². The second-order valence-electron chi connectivity index (χ2n) is 23.7. The van der Waals surface area contributed by atoms with Crippen molar-refractivity contribution in [1.29, 1.82) is 0 Å². The molecular formula is C66H82N4O28S2. The lowest BCUT2D eigenvalue weighted by atomic mass is 9.85. The highest BCUT2D eigenvalue weighted by Gasteiger charge is 2.58. The van der Waals surface area contributed by atoms with Gasteiger partial charge in [-0.3, -0.25) is 19.2 Å². The number of fused-ring (bicyclic) bond motifs is 8. The predicted molar refractivity (Wildman–Crippen MR) is 346 cm³/mol. The van der Waals surface area contributed by atoms with Crippen molar-refractivity contribution in [1.82, 2.24) is 21.3 Å². The van der Waals surface area contributed by atoms with E-state index in [1.165, 1.54) is 52.0 Å². The summed E-state index contributed by atoms with van der Waals surface area (Å²) in [6, 6.07) is 0. The summed E-state index contributed by atoms with van der Waals surface area (Å²) in [5.74, 6) is -6.67. The number of nitrogens with one attached hydrogen (secondary N) is 4. The summed E-state index contributed by atoms with van der Waals surface area (Å²) in [6.07, 6.45) is 9.67. The van der Waals surface area contributed by atoms with Crippen molar-refractivity contribution in [2.75, 3.05) is 153 Å². The largest absolute Gasteiger partial charge is 0.466 e. The van der Waals surface area contributed by atoms with Gasteiger partial charge in [-0.2, -0.15) is 11.8 Å². The number of amides is 4. The molecule has 8 aliphatic heterocycles. The van der Waals surface area contributed by atoms with Crippen molar-refractivity contribution < 1.29 is 133 Å². The van der Waals surface area contributed by atoms with Crippen molar-refractivity contribution in [2.45, 2.75) is 85.3 Å². The maximum Gasteiger partial charge on any atom is 0.337 e. The third-order valence-corrected chi connectivity index (χ3v) is 19.4. The molecule has 0 saturated heterocycles. The summed E-state index contributed by atoms with van der Waals surface area (Å²) in [4.78, 5) is 156. The number of carbonyl (C=O) groups is 12. The lowest BCUT2D eigenvalue weighted by Gasteiger charge is -2.33. The van der Waals surface area contributed by atoms with Crippen LogP contribution in [0.5, 0.6) is 0 Å². The molecule has 100 heavy (non-hydrogen) atoms. The number of esters is 8. The molecule has 0 radical (unpaired) electrons. The normalized spacial score (nSPS) is 24.9. The molecule has 0 aliphatic carbocycles. The Labute approximate surface area is 583 Å². The Morgan fingerprint density at radius 1 is 0.390 bits per heavy atom. The van der Waals surface area contributed by atoms with Gasteiger partial charge in [0.15, 0.2) is 0 Å². The first-order chi connectivity index (χ1) is 48.0. The van der Waals surface area contributed by atoms with Crippen LogP contribution in [0.25, 0.3) is 0 Å². The first-order valence-corrected chi connectivity index (χ1v) is 34.0. The van der Waals surface area contributed by atoms with Crippen molar-refractivity contribution in [3.05, 3.63) is 93.2 Å². The van der Waals surface area contributed by atoms with Crippen LogP contribution in [0.2, 0.25) is 0 Å². The molecule has 0 aromatic carbocycles. The minimum Gasteiger partial charge on any atom is -0.466 e. The van der Waals surface area contributed by atoms with E-state index in [0.29, 0.717) is 17.9 Å². The van der Waals surface area contributed by atoms with Gasteiger partial charge in [0.05, 0.1) is 179 Å². The van der Waals surface area contributed by atoms with E-state index in [-0.39, 0.29) is 167 Å². The van der Waals surface area contributed by atoms with Crippen LogP contribution in [0, 0.1) is 5.41 Å². The van der Waals surface area contributed by atoms with Crippen LogP contribution >= 0.6 is 23.5 Å². The Kier molecular flexibility index (Phi) is 27.2. The molecule has 8 aliphatic rings. The molecule has 8 rings (SSSR count). The molecule has 8 bridgehead atoms. The van der Waals surface area contributed by atoms with Crippen molar-refractivity contribution in [2.24, 2.45) is 5.41 Å². The van der Waals surface area contributed by atoms with Crippen molar-refractivity contribution in [3.63, 3.8) is 0 Å². The Hall–Kier alpha value is -8.06. The Morgan fingerprint density at radius 2 is 0.700 bits per heavy atom. The second kappa shape index (κ2) is 35.0. The first-order valence-electron chi connectivity index (χ1n) is 31.7. The zero-order valence-electron chi connectivity index (χ0n) is 56.5. The molecule has 0 aromatic heterocycles. The third-order valence-electron chi connectivity index (χ3n) is 17.3. The van der Waals surface area contributed by atoms with Crippen LogP contribution in [-0.2, 0) is 133 Å². The minimum atomic E-state index is -1.53. The quantitative estimate of drug-likeness (QED) is 0.0200. The maximum atomic E-state index is 13.5. The molecule has 0 spiro atoms. The van der Waals surface area contributed by atoms with E-state index >= 15 is 0 Å². The molecule has 0 saturated carbocycles. The van der Waals surface area contributed by atoms with Gasteiger partial charge in [0, 0.05) is 38.0 Å². The van der Waals surface area contributed by atoms with Gasteiger partial charge in [-0.15, -0.1) is 11.8 Å². The van der Waals surface area contributed by atoms with Gasteiger partial charge >= 0.3 is 47.8 Å². The van der Waals surface area contributed by atoms with Crippen LogP contribution < -0.4 is 21.3 Å². The second-order valence-corrected chi connectivity index (χ2v) is 25.9. The van der Waals surface area contributed by atoms with Gasteiger partial charge in [-0.25, -0.2) is 38.4 Å². The lowest BCUT2D eigenvalue weighted by Crippen LogP contribution is -2.45. The van der Waals surface area contributed by atoms with Crippen LogP contribution in [-0.4, -0.2) is 271 Å². The smallest absolute Gasteiger partial charge is 0.337 e. The number of ether oxygens (including phenoxy) is 16. The summed E-state index contributed by atoms with van der Waals surface area (Å²) >= 11 is 2.77. The number of hydrogen-bond donors (Lipinski definition) is 4.